The summed E-state index contributed by atoms with van der Waals surface area (Å²) in [5, 5.41) is 4.05. The van der Waals surface area contributed by atoms with Gasteiger partial charge in [0.25, 0.3) is 5.89 Å². The van der Waals surface area contributed by atoms with E-state index in [4.69, 9.17) is 16.8 Å². The molecule has 0 saturated heterocycles. The number of hydrogen-bond acceptors (Lipinski definition) is 7. The van der Waals surface area contributed by atoms with Crippen LogP contribution in [0.5, 0.6) is 0 Å². The molecule has 7 heteroatoms. The molecule has 0 radical (unpaired) electrons. The zero-order valence-corrected chi connectivity index (χ0v) is 15.2. The lowest BCUT2D eigenvalue weighted by Crippen LogP contribution is -2.21. The van der Waals surface area contributed by atoms with Crippen molar-refractivity contribution in [2.24, 2.45) is 5.84 Å². The smallest absolute Gasteiger partial charge is 0.276 e. The molecule has 27 heavy (non-hydrogen) atoms. The van der Waals surface area contributed by atoms with E-state index in [1.165, 1.54) is 5.56 Å². The maximum absolute atomic E-state index is 5.68. The van der Waals surface area contributed by atoms with Crippen molar-refractivity contribution in [3.05, 3.63) is 65.8 Å². The molecule has 3 aromatic rings. The van der Waals surface area contributed by atoms with Crippen molar-refractivity contribution in [1.82, 2.24) is 25.5 Å². The fourth-order valence-corrected chi connectivity index (χ4v) is 2.63. The molecular formula is C20H20N6O. The number of rotatable bonds is 6. The lowest BCUT2D eigenvalue weighted by molar-refractivity contribution is 0.402. The van der Waals surface area contributed by atoms with E-state index in [-0.39, 0.29) is 5.89 Å². The fourth-order valence-electron chi connectivity index (χ4n) is 2.63. The highest BCUT2D eigenvalue weighted by Crippen LogP contribution is 2.24. The summed E-state index contributed by atoms with van der Waals surface area (Å²) in [4.78, 5) is 10.5. The molecule has 0 atom stereocenters. The number of allylic oxidation sites excluding steroid dienone is 1. The Hall–Kier alpha value is -3.47. The first kappa shape index (κ1) is 18.3. The van der Waals surface area contributed by atoms with Crippen LogP contribution in [0.1, 0.15) is 17.0 Å². The summed E-state index contributed by atoms with van der Waals surface area (Å²) >= 11 is 0. The number of hydrazine groups is 1. The SMILES string of the molecule is C#C/C(=C(\NN)c1nc(-c2ccc(CN(C)C)cc2)no1)c1ccncc1. The van der Waals surface area contributed by atoms with Crippen LogP contribution in [-0.4, -0.2) is 34.1 Å². The third kappa shape index (κ3) is 4.20. The molecule has 2 heterocycles. The van der Waals surface area contributed by atoms with Crippen molar-refractivity contribution in [3.8, 4) is 23.7 Å². The Labute approximate surface area is 157 Å². The minimum atomic E-state index is 0.217. The fraction of sp³-hybridized carbons (Fsp3) is 0.150. The van der Waals surface area contributed by atoms with Gasteiger partial charge in [-0.3, -0.25) is 10.8 Å². The van der Waals surface area contributed by atoms with E-state index in [2.05, 4.69) is 31.4 Å². The number of nitrogens with zero attached hydrogens (tertiary/aromatic N) is 4. The van der Waals surface area contributed by atoms with E-state index >= 15 is 0 Å². The minimum absolute atomic E-state index is 0.217. The monoisotopic (exact) mass is 360 g/mol. The average molecular weight is 360 g/mol. The maximum atomic E-state index is 5.68. The van der Waals surface area contributed by atoms with Crippen LogP contribution >= 0.6 is 0 Å². The molecule has 3 rings (SSSR count). The van der Waals surface area contributed by atoms with Crippen LogP contribution < -0.4 is 11.3 Å². The quantitative estimate of drug-likeness (QED) is 0.395. The van der Waals surface area contributed by atoms with E-state index in [0.717, 1.165) is 17.7 Å². The van der Waals surface area contributed by atoms with Crippen molar-refractivity contribution in [2.75, 3.05) is 14.1 Å². The van der Waals surface area contributed by atoms with E-state index in [1.807, 2.05) is 38.4 Å². The number of pyridine rings is 1. The predicted molar refractivity (Wildman–Crippen MR) is 104 cm³/mol. The Bertz CT molecular complexity index is 968. The summed E-state index contributed by atoms with van der Waals surface area (Å²) in [5.41, 5.74) is 6.28. The van der Waals surface area contributed by atoms with Crippen LogP contribution in [0.25, 0.3) is 22.7 Å². The highest BCUT2D eigenvalue weighted by Gasteiger charge is 2.17. The molecule has 0 aliphatic carbocycles. The standard InChI is InChI=1S/C20H20N6O/c1-4-17(15-9-11-22-12-10-15)18(24-21)20-23-19(25-27-20)16-7-5-14(6-8-16)13-26(2)3/h1,5-12,24H,13,21H2,2-3H3/b18-17+. The first-order chi connectivity index (χ1) is 13.1. The molecule has 3 N–H and O–H groups in total. The third-order valence-electron chi connectivity index (χ3n) is 3.86. The molecule has 2 aromatic heterocycles. The van der Waals surface area contributed by atoms with Crippen molar-refractivity contribution in [3.63, 3.8) is 0 Å². The summed E-state index contributed by atoms with van der Waals surface area (Å²) in [5.74, 6) is 8.98. The molecule has 0 saturated carbocycles. The molecule has 1 aromatic carbocycles. The topological polar surface area (TPSA) is 93.1 Å². The number of benzene rings is 1. The summed E-state index contributed by atoms with van der Waals surface area (Å²) in [6.45, 7) is 0.860. The highest BCUT2D eigenvalue weighted by molar-refractivity contribution is 5.95. The molecule has 0 amide bonds. The molecule has 0 aliphatic heterocycles. The second kappa shape index (κ2) is 8.27. The van der Waals surface area contributed by atoms with Crippen LogP contribution in [0.4, 0.5) is 0 Å². The molecule has 0 fully saturated rings. The van der Waals surface area contributed by atoms with Gasteiger partial charge >= 0.3 is 0 Å². The van der Waals surface area contributed by atoms with Crippen molar-refractivity contribution >= 4 is 11.3 Å². The Morgan fingerprint density at radius 3 is 2.48 bits per heavy atom. The minimum Gasteiger partial charge on any atom is -0.332 e. The van der Waals surface area contributed by atoms with Gasteiger partial charge in [-0.15, -0.1) is 6.42 Å². The van der Waals surface area contributed by atoms with Crippen LogP contribution in [-0.2, 0) is 6.54 Å². The van der Waals surface area contributed by atoms with E-state index in [9.17, 15) is 0 Å². The number of aromatic nitrogens is 3. The van der Waals surface area contributed by atoms with Gasteiger partial charge in [-0.1, -0.05) is 35.3 Å². The van der Waals surface area contributed by atoms with E-state index in [1.54, 1.807) is 24.5 Å². The molecular weight excluding hydrogens is 340 g/mol. The molecule has 0 aliphatic rings. The molecule has 0 bridgehead atoms. The van der Waals surface area contributed by atoms with Gasteiger partial charge < -0.3 is 14.8 Å². The van der Waals surface area contributed by atoms with Crippen LogP contribution in [0.2, 0.25) is 0 Å². The lowest BCUT2D eigenvalue weighted by atomic mass is 10.1. The summed E-state index contributed by atoms with van der Waals surface area (Å²) in [6, 6.07) is 11.6. The number of terminal acetylenes is 1. The molecule has 136 valence electrons. The summed E-state index contributed by atoms with van der Waals surface area (Å²) in [6.07, 6.45) is 8.97. The number of nitrogens with two attached hydrogens (primary N) is 1. The predicted octanol–water partition coefficient (Wildman–Crippen LogP) is 2.16. The Morgan fingerprint density at radius 1 is 1.19 bits per heavy atom. The summed E-state index contributed by atoms with van der Waals surface area (Å²) in [7, 11) is 4.05. The Morgan fingerprint density at radius 2 is 1.89 bits per heavy atom. The number of nitrogens with one attached hydrogen (secondary N) is 1. The van der Waals surface area contributed by atoms with Gasteiger partial charge in [-0.2, -0.15) is 4.98 Å². The highest BCUT2D eigenvalue weighted by atomic mass is 16.5. The second-order valence-electron chi connectivity index (χ2n) is 6.13. The lowest BCUT2D eigenvalue weighted by Gasteiger charge is -2.09. The van der Waals surface area contributed by atoms with Crippen molar-refractivity contribution in [1.29, 1.82) is 0 Å². The van der Waals surface area contributed by atoms with Crippen LogP contribution in [0, 0.1) is 12.3 Å². The second-order valence-corrected chi connectivity index (χ2v) is 6.13. The average Bonchev–Trinajstić information content (AvgIpc) is 3.16. The molecule has 7 nitrogen and oxygen atoms in total. The summed E-state index contributed by atoms with van der Waals surface area (Å²) < 4.78 is 5.39. The van der Waals surface area contributed by atoms with Crippen LogP contribution in [0.15, 0.2) is 53.3 Å². The van der Waals surface area contributed by atoms with Gasteiger partial charge in [0.15, 0.2) is 0 Å². The number of hydrogen-bond donors (Lipinski definition) is 2. The Kier molecular flexibility index (Phi) is 5.61. The maximum Gasteiger partial charge on any atom is 0.276 e. The first-order valence-electron chi connectivity index (χ1n) is 8.28. The normalized spacial score (nSPS) is 11.8. The zero-order valence-electron chi connectivity index (χ0n) is 15.2. The van der Waals surface area contributed by atoms with E-state index in [0.29, 0.717) is 17.1 Å². The molecule has 0 unspecified atom stereocenters. The Balaban J connectivity index is 1.94. The van der Waals surface area contributed by atoms with Gasteiger partial charge in [-0.25, -0.2) is 0 Å². The van der Waals surface area contributed by atoms with Gasteiger partial charge in [0, 0.05) is 24.5 Å². The van der Waals surface area contributed by atoms with Crippen LogP contribution in [0.3, 0.4) is 0 Å². The molecule has 0 spiro atoms. The van der Waals surface area contributed by atoms with Crippen molar-refractivity contribution in [2.45, 2.75) is 6.54 Å². The first-order valence-corrected chi connectivity index (χ1v) is 8.28. The van der Waals surface area contributed by atoms with Gasteiger partial charge in [-0.05, 0) is 37.4 Å². The zero-order chi connectivity index (χ0) is 19.2. The van der Waals surface area contributed by atoms with E-state index < -0.39 is 0 Å². The van der Waals surface area contributed by atoms with Crippen molar-refractivity contribution < 1.29 is 4.52 Å². The van der Waals surface area contributed by atoms with Gasteiger partial charge in [0.2, 0.25) is 5.82 Å². The van der Waals surface area contributed by atoms with Gasteiger partial charge in [0.1, 0.15) is 5.70 Å². The third-order valence-corrected chi connectivity index (χ3v) is 3.86. The van der Waals surface area contributed by atoms with Gasteiger partial charge in [0.05, 0.1) is 5.57 Å². The largest absolute Gasteiger partial charge is 0.332 e.